The van der Waals surface area contributed by atoms with E-state index in [-0.39, 0.29) is 6.54 Å². The average Bonchev–Trinajstić information content (AvgIpc) is 2.78. The zero-order valence-corrected chi connectivity index (χ0v) is 11.4. The molecule has 1 aromatic heterocycles. The normalized spacial score (nSPS) is 11.2. The fourth-order valence-electron chi connectivity index (χ4n) is 1.88. The van der Waals surface area contributed by atoms with Crippen LogP contribution < -0.4 is 5.76 Å². The number of esters is 1. The lowest BCUT2D eigenvalue weighted by atomic mass is 10.2. The molecular formula is C13H15NO6. The summed E-state index contributed by atoms with van der Waals surface area (Å²) in [5.41, 5.74) is 1.18. The van der Waals surface area contributed by atoms with Gasteiger partial charge in [0.2, 0.25) is 0 Å². The number of hydrogen-bond acceptors (Lipinski definition) is 6. The predicted molar refractivity (Wildman–Crippen MR) is 69.6 cm³/mol. The highest BCUT2D eigenvalue weighted by molar-refractivity contribution is 5.93. The molecule has 0 saturated heterocycles. The van der Waals surface area contributed by atoms with Crippen LogP contribution in [0.2, 0.25) is 0 Å². The lowest BCUT2D eigenvalue weighted by molar-refractivity contribution is -0.111. The number of hydrogen-bond donors (Lipinski definition) is 0. The monoisotopic (exact) mass is 281 g/mol. The van der Waals surface area contributed by atoms with Gasteiger partial charge in [-0.3, -0.25) is 4.57 Å². The maximum Gasteiger partial charge on any atom is 0.420 e. The maximum atomic E-state index is 11.8. The van der Waals surface area contributed by atoms with Crippen molar-refractivity contribution in [1.82, 2.24) is 4.57 Å². The number of nitrogens with zero attached hydrogens (tertiary/aromatic N) is 1. The molecule has 0 saturated carbocycles. The average molecular weight is 281 g/mol. The largest absolute Gasteiger partial charge is 0.465 e. The molecule has 0 aliphatic rings. The second-order valence-electron chi connectivity index (χ2n) is 4.05. The van der Waals surface area contributed by atoms with Gasteiger partial charge >= 0.3 is 11.7 Å². The van der Waals surface area contributed by atoms with E-state index in [9.17, 15) is 9.59 Å². The van der Waals surface area contributed by atoms with Gasteiger partial charge in [-0.1, -0.05) is 0 Å². The zero-order valence-electron chi connectivity index (χ0n) is 11.4. The van der Waals surface area contributed by atoms with E-state index in [4.69, 9.17) is 13.9 Å². The van der Waals surface area contributed by atoms with Crippen LogP contribution in [0.4, 0.5) is 0 Å². The molecule has 2 aromatic rings. The van der Waals surface area contributed by atoms with Crippen molar-refractivity contribution in [3.8, 4) is 0 Å². The molecule has 1 heterocycles. The minimum Gasteiger partial charge on any atom is -0.465 e. The van der Waals surface area contributed by atoms with Crippen molar-refractivity contribution < 1.29 is 23.4 Å². The van der Waals surface area contributed by atoms with Gasteiger partial charge in [-0.05, 0) is 18.2 Å². The fourth-order valence-corrected chi connectivity index (χ4v) is 1.88. The Hall–Kier alpha value is -2.12. The van der Waals surface area contributed by atoms with Crippen molar-refractivity contribution in [2.75, 3.05) is 21.3 Å². The Bertz CT molecular complexity index is 667. The van der Waals surface area contributed by atoms with Gasteiger partial charge in [-0.2, -0.15) is 0 Å². The van der Waals surface area contributed by atoms with E-state index in [0.29, 0.717) is 16.7 Å². The van der Waals surface area contributed by atoms with Crippen molar-refractivity contribution in [2.24, 2.45) is 0 Å². The molecule has 0 fully saturated rings. The van der Waals surface area contributed by atoms with Gasteiger partial charge in [0, 0.05) is 14.2 Å². The molecule has 20 heavy (non-hydrogen) atoms. The Labute approximate surface area is 114 Å². The number of benzene rings is 1. The lowest BCUT2D eigenvalue weighted by Crippen LogP contribution is -2.26. The molecule has 7 nitrogen and oxygen atoms in total. The van der Waals surface area contributed by atoms with Crippen molar-refractivity contribution >= 4 is 17.1 Å². The van der Waals surface area contributed by atoms with Crippen LogP contribution in [0.15, 0.2) is 27.4 Å². The van der Waals surface area contributed by atoms with Gasteiger partial charge in [0.25, 0.3) is 0 Å². The second-order valence-corrected chi connectivity index (χ2v) is 4.05. The van der Waals surface area contributed by atoms with Crippen LogP contribution in [-0.4, -0.2) is 38.2 Å². The summed E-state index contributed by atoms with van der Waals surface area (Å²) in [7, 11) is 4.25. The third-order valence-corrected chi connectivity index (χ3v) is 2.95. The molecule has 2 rings (SSSR count). The Morgan fingerprint density at radius 1 is 1.30 bits per heavy atom. The van der Waals surface area contributed by atoms with E-state index in [1.54, 1.807) is 12.1 Å². The minimum absolute atomic E-state index is 0.191. The second kappa shape index (κ2) is 5.89. The van der Waals surface area contributed by atoms with Gasteiger partial charge in [-0.25, -0.2) is 9.59 Å². The van der Waals surface area contributed by atoms with Crippen LogP contribution in [-0.2, 0) is 20.8 Å². The van der Waals surface area contributed by atoms with E-state index in [1.165, 1.54) is 32.0 Å². The summed E-state index contributed by atoms with van der Waals surface area (Å²) in [5.74, 6) is -1.03. The van der Waals surface area contributed by atoms with Gasteiger partial charge in [0.1, 0.15) is 0 Å². The van der Waals surface area contributed by atoms with E-state index in [0.717, 1.165) is 0 Å². The van der Waals surface area contributed by atoms with Crippen molar-refractivity contribution in [3.05, 3.63) is 34.3 Å². The predicted octanol–water partition coefficient (Wildman–Crippen LogP) is 1.000. The van der Waals surface area contributed by atoms with Crippen LogP contribution >= 0.6 is 0 Å². The molecule has 0 atom stereocenters. The molecule has 108 valence electrons. The van der Waals surface area contributed by atoms with Crippen LogP contribution in [0.25, 0.3) is 11.1 Å². The number of carbonyl (C=O) groups excluding carboxylic acids is 1. The minimum atomic E-state index is -0.561. The molecule has 0 aliphatic heterocycles. The van der Waals surface area contributed by atoms with Crippen molar-refractivity contribution in [2.45, 2.75) is 12.8 Å². The smallest absolute Gasteiger partial charge is 0.420 e. The summed E-state index contributed by atoms with van der Waals surface area (Å²) in [6.45, 7) is 0.191. The lowest BCUT2D eigenvalue weighted by Gasteiger charge is -2.13. The number of fused-ring (bicyclic) bond motifs is 1. The molecule has 0 bridgehead atoms. The van der Waals surface area contributed by atoms with Crippen LogP contribution in [0.5, 0.6) is 0 Å². The van der Waals surface area contributed by atoms with Crippen molar-refractivity contribution in [1.29, 1.82) is 0 Å². The van der Waals surface area contributed by atoms with E-state index in [1.807, 2.05) is 0 Å². The first kappa shape index (κ1) is 14.3. The summed E-state index contributed by atoms with van der Waals surface area (Å²) in [4.78, 5) is 23.3. The van der Waals surface area contributed by atoms with Gasteiger partial charge in [-0.15, -0.1) is 0 Å². The standard InChI is InChI=1S/C13H15NO6/c1-17-11(18-2)7-14-9-5-4-8(12(15)19-3)6-10(9)20-13(14)16/h4-6,11H,7H2,1-3H3. The Balaban J connectivity index is 2.44. The van der Waals surface area contributed by atoms with Crippen LogP contribution in [0.1, 0.15) is 10.4 Å². The van der Waals surface area contributed by atoms with Gasteiger partial charge in [0.05, 0.1) is 24.7 Å². The molecule has 0 spiro atoms. The quantitative estimate of drug-likeness (QED) is 0.601. The number of carbonyl (C=O) groups is 1. The summed E-state index contributed by atoms with van der Waals surface area (Å²) in [6.07, 6.45) is -0.561. The highest BCUT2D eigenvalue weighted by atomic mass is 16.7. The molecule has 0 unspecified atom stereocenters. The summed E-state index contributed by atoms with van der Waals surface area (Å²) >= 11 is 0. The van der Waals surface area contributed by atoms with E-state index < -0.39 is 18.0 Å². The number of methoxy groups -OCH3 is 3. The van der Waals surface area contributed by atoms with Crippen molar-refractivity contribution in [3.63, 3.8) is 0 Å². The third kappa shape index (κ3) is 2.59. The Morgan fingerprint density at radius 2 is 2.00 bits per heavy atom. The first-order valence-electron chi connectivity index (χ1n) is 5.88. The van der Waals surface area contributed by atoms with Crippen LogP contribution in [0.3, 0.4) is 0 Å². The summed E-state index contributed by atoms with van der Waals surface area (Å²) < 4.78 is 21.2. The first-order valence-corrected chi connectivity index (χ1v) is 5.88. The molecular weight excluding hydrogens is 266 g/mol. The van der Waals surface area contributed by atoms with Crippen LogP contribution in [0, 0.1) is 0 Å². The zero-order chi connectivity index (χ0) is 14.7. The van der Waals surface area contributed by atoms with E-state index in [2.05, 4.69) is 4.74 Å². The molecule has 1 aromatic carbocycles. The maximum absolute atomic E-state index is 11.8. The first-order chi connectivity index (χ1) is 9.60. The highest BCUT2D eigenvalue weighted by Crippen LogP contribution is 2.16. The number of oxazole rings is 1. The molecule has 0 aliphatic carbocycles. The number of aromatic nitrogens is 1. The fraction of sp³-hybridized carbons (Fsp3) is 0.385. The molecule has 7 heteroatoms. The Kier molecular flexibility index (Phi) is 4.21. The van der Waals surface area contributed by atoms with Gasteiger partial charge < -0.3 is 18.6 Å². The number of ether oxygens (including phenoxy) is 3. The summed E-state index contributed by atoms with van der Waals surface area (Å²) in [6, 6.07) is 4.65. The number of rotatable bonds is 5. The Morgan fingerprint density at radius 3 is 2.60 bits per heavy atom. The summed E-state index contributed by atoms with van der Waals surface area (Å²) in [5, 5.41) is 0. The highest BCUT2D eigenvalue weighted by Gasteiger charge is 2.16. The molecule has 0 radical (unpaired) electrons. The van der Waals surface area contributed by atoms with E-state index >= 15 is 0 Å². The molecule has 0 amide bonds. The third-order valence-electron chi connectivity index (χ3n) is 2.95. The topological polar surface area (TPSA) is 79.9 Å². The molecule has 0 N–H and O–H groups in total. The van der Waals surface area contributed by atoms with Gasteiger partial charge in [0.15, 0.2) is 11.9 Å². The SMILES string of the molecule is COC(=O)c1ccc2c(c1)oc(=O)n2CC(OC)OC.